The Labute approximate surface area is 327 Å². The first kappa shape index (κ1) is 37.3. The van der Waals surface area contributed by atoms with E-state index in [1.807, 2.05) is 22.7 Å². The molecule has 0 radical (unpaired) electrons. The summed E-state index contributed by atoms with van der Waals surface area (Å²) in [6.45, 7) is 6.05. The Morgan fingerprint density at radius 2 is 1.74 bits per heavy atom. The first-order chi connectivity index (χ1) is 27.8. The van der Waals surface area contributed by atoms with Crippen molar-refractivity contribution in [2.24, 2.45) is 0 Å². The summed E-state index contributed by atoms with van der Waals surface area (Å²) in [5.41, 5.74) is 4.59. The predicted molar refractivity (Wildman–Crippen MR) is 209 cm³/mol. The van der Waals surface area contributed by atoms with Gasteiger partial charge < -0.3 is 25.3 Å². The number of hydrogen-bond acceptors (Lipinski definition) is 13. The highest BCUT2D eigenvalue weighted by Gasteiger charge is 2.45. The monoisotopic (exact) mass is 773 g/mol. The van der Waals surface area contributed by atoms with Gasteiger partial charge in [-0.15, -0.1) is 10.2 Å². The van der Waals surface area contributed by atoms with Gasteiger partial charge in [-0.2, -0.15) is 0 Å². The van der Waals surface area contributed by atoms with E-state index in [2.05, 4.69) is 70.5 Å². The van der Waals surface area contributed by atoms with Crippen LogP contribution >= 0.6 is 0 Å². The van der Waals surface area contributed by atoms with Crippen LogP contribution in [-0.2, 0) is 20.9 Å². The minimum Gasteiger partial charge on any atom is -0.467 e. The van der Waals surface area contributed by atoms with Gasteiger partial charge in [-0.1, -0.05) is 18.2 Å². The highest BCUT2D eigenvalue weighted by atomic mass is 16.3. The molecule has 0 bridgehead atoms. The fourth-order valence-electron chi connectivity index (χ4n) is 7.56. The van der Waals surface area contributed by atoms with Gasteiger partial charge in [0.2, 0.25) is 23.7 Å². The van der Waals surface area contributed by atoms with Crippen molar-refractivity contribution in [3.63, 3.8) is 0 Å². The van der Waals surface area contributed by atoms with Crippen LogP contribution in [0.3, 0.4) is 0 Å². The number of imide groups is 2. The number of nitrogens with one attached hydrogen (secondary N) is 4. The quantitative estimate of drug-likeness (QED) is 0.0896. The average molecular weight is 774 g/mol. The third-order valence-corrected chi connectivity index (χ3v) is 10.6. The predicted octanol–water partition coefficient (Wildman–Crippen LogP) is 2.92. The van der Waals surface area contributed by atoms with Gasteiger partial charge in [0.1, 0.15) is 18.1 Å². The molecular formula is C40H43N11O6. The van der Waals surface area contributed by atoms with Gasteiger partial charge >= 0.3 is 0 Å². The van der Waals surface area contributed by atoms with Crippen molar-refractivity contribution in [3.05, 3.63) is 90.3 Å². The Hall–Kier alpha value is -6.62. The van der Waals surface area contributed by atoms with E-state index in [0.29, 0.717) is 24.7 Å². The van der Waals surface area contributed by atoms with Gasteiger partial charge in [-0.05, 0) is 67.8 Å². The highest BCUT2D eigenvalue weighted by molar-refractivity contribution is 6.25. The summed E-state index contributed by atoms with van der Waals surface area (Å²) in [7, 11) is 0. The largest absolute Gasteiger partial charge is 0.467 e. The number of benzene rings is 2. The van der Waals surface area contributed by atoms with Crippen molar-refractivity contribution in [1.29, 1.82) is 0 Å². The lowest BCUT2D eigenvalue weighted by Crippen LogP contribution is -2.54. The topological polar surface area (TPSA) is 199 Å². The molecule has 3 aliphatic rings. The maximum atomic E-state index is 13.3. The Bertz CT molecular complexity index is 2280. The fourth-order valence-corrected chi connectivity index (χ4v) is 7.56. The Morgan fingerprint density at radius 1 is 0.895 bits per heavy atom. The summed E-state index contributed by atoms with van der Waals surface area (Å²) in [4.78, 5) is 73.3. The molecule has 1 atom stereocenters. The summed E-state index contributed by atoms with van der Waals surface area (Å²) >= 11 is 0. The second-order valence-electron chi connectivity index (χ2n) is 14.2. The van der Waals surface area contributed by atoms with Crippen LogP contribution in [-0.4, -0.2) is 111 Å². The summed E-state index contributed by atoms with van der Waals surface area (Å²) in [6, 6.07) is 16.1. The van der Waals surface area contributed by atoms with Gasteiger partial charge in [-0.25, -0.2) is 4.98 Å². The van der Waals surface area contributed by atoms with Gasteiger partial charge in [0, 0.05) is 75.2 Å². The molecule has 8 rings (SSSR count). The number of carbonyl (C=O) groups is 5. The molecule has 5 amide bonds. The lowest BCUT2D eigenvalue weighted by Gasteiger charge is -2.36. The van der Waals surface area contributed by atoms with Crippen LogP contribution in [0.5, 0.6) is 0 Å². The van der Waals surface area contributed by atoms with Crippen LogP contribution in [0.25, 0.3) is 16.8 Å². The van der Waals surface area contributed by atoms with E-state index >= 15 is 0 Å². The molecule has 3 aliphatic heterocycles. The number of unbranched alkanes of at least 4 members (excludes halogenated alkanes) is 1. The van der Waals surface area contributed by atoms with Crippen molar-refractivity contribution in [2.45, 2.75) is 44.7 Å². The molecule has 0 saturated carbocycles. The zero-order chi connectivity index (χ0) is 39.3. The van der Waals surface area contributed by atoms with Crippen molar-refractivity contribution in [2.75, 3.05) is 61.3 Å². The van der Waals surface area contributed by atoms with Gasteiger partial charge in [0.05, 0.1) is 23.9 Å². The van der Waals surface area contributed by atoms with Crippen molar-refractivity contribution >= 4 is 52.5 Å². The summed E-state index contributed by atoms with van der Waals surface area (Å²) in [5.74, 6) is -0.907. The zero-order valence-electron chi connectivity index (χ0n) is 31.3. The van der Waals surface area contributed by atoms with E-state index in [-0.39, 0.29) is 42.8 Å². The number of aromatic nitrogens is 4. The number of fused-ring (bicyclic) bond motifs is 2. The van der Waals surface area contributed by atoms with Crippen molar-refractivity contribution in [1.82, 2.24) is 40.0 Å². The average Bonchev–Trinajstić information content (AvgIpc) is 3.99. The molecule has 0 spiro atoms. The standard InChI is InChI=1S/C40H43N11O6/c52-33(14-16-41-31-7-3-6-29-35(31)39(56)51(38(29)55)32-12-13-34(53)46-37(32)54)42-15-1-2-17-48-18-20-49(21-19-48)27-10-8-26(9-11-27)30-24-44-40(50-25-45-47-36(30)50)43-23-28-5-4-22-57-28/h3-11,22,24-25,32,41H,1-2,12-21,23H2,(H,42,52)(H,43,44)(H,46,53,54). The maximum Gasteiger partial charge on any atom is 0.264 e. The van der Waals surface area contributed by atoms with Crippen molar-refractivity contribution < 1.29 is 28.4 Å². The molecule has 294 valence electrons. The minimum absolute atomic E-state index is 0.0523. The molecule has 2 fully saturated rings. The minimum atomic E-state index is -1.03. The molecule has 3 aromatic heterocycles. The molecule has 0 aliphatic carbocycles. The Balaban J connectivity index is 0.733. The number of nitrogens with zero attached hydrogens (tertiary/aromatic N) is 7. The molecule has 5 aromatic rings. The lowest BCUT2D eigenvalue weighted by atomic mass is 10.0. The number of anilines is 3. The first-order valence-electron chi connectivity index (χ1n) is 19.2. The lowest BCUT2D eigenvalue weighted by molar-refractivity contribution is -0.136. The van der Waals surface area contributed by atoms with Crippen LogP contribution in [0.1, 0.15) is 58.6 Å². The van der Waals surface area contributed by atoms with Gasteiger partial charge in [-0.3, -0.25) is 43.5 Å². The number of furan rings is 1. The summed E-state index contributed by atoms with van der Waals surface area (Å²) < 4.78 is 7.26. The highest BCUT2D eigenvalue weighted by Crippen LogP contribution is 2.32. The van der Waals surface area contributed by atoms with Crippen LogP contribution in [0.2, 0.25) is 0 Å². The van der Waals surface area contributed by atoms with E-state index in [9.17, 15) is 24.0 Å². The van der Waals surface area contributed by atoms with Crippen molar-refractivity contribution in [3.8, 4) is 11.1 Å². The number of piperidine rings is 1. The molecular weight excluding hydrogens is 731 g/mol. The molecule has 17 heteroatoms. The van der Waals surface area contributed by atoms with Crippen LogP contribution in [0.4, 0.5) is 17.3 Å². The number of amides is 5. The molecule has 2 aromatic carbocycles. The van der Waals surface area contributed by atoms with E-state index in [1.54, 1.807) is 30.8 Å². The van der Waals surface area contributed by atoms with Gasteiger partial charge in [0.25, 0.3) is 11.8 Å². The Kier molecular flexibility index (Phi) is 10.9. The summed E-state index contributed by atoms with van der Waals surface area (Å²) in [5, 5.41) is 20.0. The number of rotatable bonds is 15. The fraction of sp³-hybridized carbons (Fsp3) is 0.350. The molecule has 17 nitrogen and oxygen atoms in total. The summed E-state index contributed by atoms with van der Waals surface area (Å²) in [6.07, 6.45) is 7.25. The number of carbonyl (C=O) groups excluding carboxylic acids is 5. The second kappa shape index (κ2) is 16.6. The molecule has 2 saturated heterocycles. The third-order valence-electron chi connectivity index (χ3n) is 10.6. The maximum absolute atomic E-state index is 13.3. The van der Waals surface area contributed by atoms with E-state index in [4.69, 9.17) is 4.42 Å². The molecule has 4 N–H and O–H groups in total. The van der Waals surface area contributed by atoms with Gasteiger partial charge in [0.15, 0.2) is 5.65 Å². The first-order valence-corrected chi connectivity index (χ1v) is 19.2. The third kappa shape index (κ3) is 8.05. The second-order valence-corrected chi connectivity index (χ2v) is 14.2. The molecule has 57 heavy (non-hydrogen) atoms. The van der Waals surface area contributed by atoms with E-state index in [1.165, 1.54) is 5.69 Å². The van der Waals surface area contributed by atoms with Crippen LogP contribution in [0, 0.1) is 0 Å². The number of hydrogen-bond donors (Lipinski definition) is 4. The van der Waals surface area contributed by atoms with E-state index < -0.39 is 29.7 Å². The van der Waals surface area contributed by atoms with Crippen LogP contribution < -0.4 is 26.2 Å². The zero-order valence-corrected chi connectivity index (χ0v) is 31.3. The van der Waals surface area contributed by atoms with E-state index in [0.717, 1.165) is 73.0 Å². The normalized spacial score (nSPS) is 17.2. The SMILES string of the molecule is O=C(CCNc1cccc2c1C(=O)N(C1CCC(=O)NC1=O)C2=O)NCCCCN1CCN(c2ccc(-c3cnc(NCc4ccco4)n4cnnc34)cc2)CC1. The van der Waals surface area contributed by atoms with Crippen LogP contribution in [0.15, 0.2) is 77.8 Å². The molecule has 1 unspecified atom stereocenters. The molecule has 6 heterocycles. The Morgan fingerprint density at radius 3 is 2.53 bits per heavy atom. The number of piperazine rings is 1. The smallest absolute Gasteiger partial charge is 0.264 e.